The van der Waals surface area contributed by atoms with E-state index in [1.807, 2.05) is 14.0 Å². The number of guanidine groups is 1. The van der Waals surface area contributed by atoms with Gasteiger partial charge in [0.05, 0.1) is 12.1 Å². The molecule has 0 aromatic carbocycles. The highest BCUT2D eigenvalue weighted by Crippen LogP contribution is 2.17. The van der Waals surface area contributed by atoms with Gasteiger partial charge in [-0.25, -0.2) is 5.84 Å². The van der Waals surface area contributed by atoms with Gasteiger partial charge in [-0.3, -0.25) is 10.4 Å². The molecule has 18 heavy (non-hydrogen) atoms. The summed E-state index contributed by atoms with van der Waals surface area (Å²) in [6, 6.07) is 0.340. The third kappa shape index (κ3) is 4.44. The van der Waals surface area contributed by atoms with Gasteiger partial charge in [0.2, 0.25) is 5.96 Å². The number of hydrogen-bond donors (Lipinski definition) is 2. The molecule has 0 saturated carbocycles. The van der Waals surface area contributed by atoms with Crippen molar-refractivity contribution < 1.29 is 9.47 Å². The van der Waals surface area contributed by atoms with Crippen LogP contribution in [0.1, 0.15) is 26.7 Å². The van der Waals surface area contributed by atoms with E-state index in [1.165, 1.54) is 0 Å². The van der Waals surface area contributed by atoms with Gasteiger partial charge >= 0.3 is 0 Å². The molecular formula is C12H26N4O2. The van der Waals surface area contributed by atoms with E-state index in [4.69, 9.17) is 15.3 Å². The molecule has 1 rings (SSSR count). The minimum Gasteiger partial charge on any atom is -0.382 e. The number of rotatable bonds is 6. The van der Waals surface area contributed by atoms with E-state index < -0.39 is 0 Å². The minimum atomic E-state index is 0.219. The van der Waals surface area contributed by atoms with Crippen molar-refractivity contribution in [2.45, 2.75) is 38.8 Å². The van der Waals surface area contributed by atoms with Crippen LogP contribution in [-0.2, 0) is 9.47 Å². The Balaban J connectivity index is 2.40. The Bertz CT molecular complexity index is 260. The highest BCUT2D eigenvalue weighted by Gasteiger charge is 2.29. The van der Waals surface area contributed by atoms with Crippen molar-refractivity contribution in [3.05, 3.63) is 0 Å². The number of likely N-dealkylation sites (N-methyl/N-ethyl adjacent to an activating group) is 1. The van der Waals surface area contributed by atoms with Crippen molar-refractivity contribution in [3.8, 4) is 0 Å². The monoisotopic (exact) mass is 258 g/mol. The van der Waals surface area contributed by atoms with Crippen molar-refractivity contribution in [2.75, 3.05) is 33.4 Å². The maximum absolute atomic E-state index is 5.55. The van der Waals surface area contributed by atoms with Gasteiger partial charge < -0.3 is 14.4 Å². The van der Waals surface area contributed by atoms with E-state index in [0.717, 1.165) is 32.7 Å². The first-order valence-corrected chi connectivity index (χ1v) is 6.64. The molecule has 1 aliphatic heterocycles. The topological polar surface area (TPSA) is 72.1 Å². The standard InChI is InChI=1S/C12H26N4O2/c1-4-17-8-5-7-14-12(15-13)16(3)11-6-9-18-10(11)2/h10-11H,4-9,13H2,1-3H3,(H,14,15). The van der Waals surface area contributed by atoms with Crippen LogP contribution >= 0.6 is 0 Å². The summed E-state index contributed by atoms with van der Waals surface area (Å²) in [7, 11) is 2.00. The Morgan fingerprint density at radius 1 is 1.61 bits per heavy atom. The zero-order chi connectivity index (χ0) is 13.4. The summed E-state index contributed by atoms with van der Waals surface area (Å²) in [5, 5.41) is 0. The maximum Gasteiger partial charge on any atom is 0.208 e. The third-order valence-corrected chi connectivity index (χ3v) is 3.21. The zero-order valence-electron chi connectivity index (χ0n) is 11.7. The second kappa shape index (κ2) is 8.29. The van der Waals surface area contributed by atoms with Gasteiger partial charge in [-0.1, -0.05) is 0 Å². The first-order chi connectivity index (χ1) is 8.70. The van der Waals surface area contributed by atoms with Crippen LogP contribution in [0.2, 0.25) is 0 Å². The molecule has 0 aromatic heterocycles. The Morgan fingerprint density at radius 3 is 2.94 bits per heavy atom. The summed E-state index contributed by atoms with van der Waals surface area (Å²) in [5.74, 6) is 6.25. The fourth-order valence-corrected chi connectivity index (χ4v) is 2.14. The normalized spacial score (nSPS) is 24.3. The van der Waals surface area contributed by atoms with E-state index in [2.05, 4.69) is 22.2 Å². The van der Waals surface area contributed by atoms with Crippen molar-refractivity contribution in [2.24, 2.45) is 10.8 Å². The Hall–Kier alpha value is -0.850. The van der Waals surface area contributed by atoms with Gasteiger partial charge in [-0.15, -0.1) is 0 Å². The SMILES string of the molecule is CCOCCCN=C(NN)N(C)C1CCOC1C. The van der Waals surface area contributed by atoms with E-state index in [9.17, 15) is 0 Å². The first-order valence-electron chi connectivity index (χ1n) is 6.64. The molecule has 0 spiro atoms. The highest BCUT2D eigenvalue weighted by molar-refractivity contribution is 5.79. The molecule has 1 heterocycles. The van der Waals surface area contributed by atoms with Crippen molar-refractivity contribution >= 4 is 5.96 Å². The quantitative estimate of drug-likeness (QED) is 0.236. The molecule has 0 radical (unpaired) electrons. The summed E-state index contributed by atoms with van der Waals surface area (Å²) in [6.45, 7) is 7.08. The molecule has 0 amide bonds. The fraction of sp³-hybridized carbons (Fsp3) is 0.917. The lowest BCUT2D eigenvalue weighted by Crippen LogP contribution is -2.49. The predicted octanol–water partition coefficient (Wildman–Crippen LogP) is 0.342. The predicted molar refractivity (Wildman–Crippen MR) is 72.3 cm³/mol. The molecule has 0 aliphatic carbocycles. The lowest BCUT2D eigenvalue weighted by atomic mass is 10.1. The molecule has 1 fully saturated rings. The van der Waals surface area contributed by atoms with Crippen LogP contribution < -0.4 is 11.3 Å². The molecule has 2 unspecified atom stereocenters. The summed E-state index contributed by atoms with van der Waals surface area (Å²) in [5.41, 5.74) is 2.67. The largest absolute Gasteiger partial charge is 0.382 e. The average Bonchev–Trinajstić information content (AvgIpc) is 2.79. The van der Waals surface area contributed by atoms with E-state index in [-0.39, 0.29) is 6.10 Å². The first kappa shape index (κ1) is 15.2. The Morgan fingerprint density at radius 2 is 2.39 bits per heavy atom. The van der Waals surface area contributed by atoms with Crippen LogP contribution in [0.5, 0.6) is 0 Å². The molecule has 0 aromatic rings. The summed E-state index contributed by atoms with van der Waals surface area (Å²) in [6.07, 6.45) is 2.14. The lowest BCUT2D eigenvalue weighted by molar-refractivity contribution is 0.0991. The van der Waals surface area contributed by atoms with Crippen LogP contribution in [0.15, 0.2) is 4.99 Å². The molecule has 1 aliphatic rings. The van der Waals surface area contributed by atoms with E-state index in [1.54, 1.807) is 0 Å². The second-order valence-corrected chi connectivity index (χ2v) is 4.44. The number of nitrogens with one attached hydrogen (secondary N) is 1. The number of ether oxygens (including phenoxy) is 2. The van der Waals surface area contributed by atoms with Crippen LogP contribution in [0.3, 0.4) is 0 Å². The molecule has 106 valence electrons. The van der Waals surface area contributed by atoms with Gasteiger partial charge in [0.25, 0.3) is 0 Å². The average molecular weight is 258 g/mol. The van der Waals surface area contributed by atoms with Crippen molar-refractivity contribution in [3.63, 3.8) is 0 Å². The molecular weight excluding hydrogens is 232 g/mol. The van der Waals surface area contributed by atoms with Crippen LogP contribution in [0, 0.1) is 0 Å². The van der Waals surface area contributed by atoms with Crippen LogP contribution in [-0.4, -0.2) is 56.4 Å². The third-order valence-electron chi connectivity index (χ3n) is 3.21. The number of hydrogen-bond acceptors (Lipinski definition) is 4. The van der Waals surface area contributed by atoms with Crippen molar-refractivity contribution in [1.82, 2.24) is 10.3 Å². The molecule has 2 atom stereocenters. The van der Waals surface area contributed by atoms with Crippen LogP contribution in [0.25, 0.3) is 0 Å². The number of aliphatic imine (C=N–C) groups is 1. The zero-order valence-corrected chi connectivity index (χ0v) is 11.7. The maximum atomic E-state index is 5.55. The number of nitrogens with zero attached hydrogens (tertiary/aromatic N) is 2. The van der Waals surface area contributed by atoms with E-state index >= 15 is 0 Å². The minimum absolute atomic E-state index is 0.219. The van der Waals surface area contributed by atoms with Crippen molar-refractivity contribution in [1.29, 1.82) is 0 Å². The summed E-state index contributed by atoms with van der Waals surface area (Å²) >= 11 is 0. The van der Waals surface area contributed by atoms with Gasteiger partial charge in [0.15, 0.2) is 0 Å². The van der Waals surface area contributed by atoms with Gasteiger partial charge in [-0.05, 0) is 26.7 Å². The number of hydrazine groups is 1. The Labute approximate surface area is 109 Å². The summed E-state index contributed by atoms with van der Waals surface area (Å²) in [4.78, 5) is 6.53. The van der Waals surface area contributed by atoms with Gasteiger partial charge in [0, 0.05) is 33.4 Å². The highest BCUT2D eigenvalue weighted by atomic mass is 16.5. The smallest absolute Gasteiger partial charge is 0.208 e. The molecule has 0 bridgehead atoms. The molecule has 3 N–H and O–H groups in total. The molecule has 6 heteroatoms. The molecule has 1 saturated heterocycles. The van der Waals surface area contributed by atoms with Gasteiger partial charge in [0.1, 0.15) is 0 Å². The lowest BCUT2D eigenvalue weighted by Gasteiger charge is -2.29. The van der Waals surface area contributed by atoms with E-state index in [0.29, 0.717) is 18.5 Å². The molecule has 6 nitrogen and oxygen atoms in total. The Kier molecular flexibility index (Phi) is 7.00. The second-order valence-electron chi connectivity index (χ2n) is 4.44. The number of nitrogens with two attached hydrogens (primary N) is 1. The summed E-state index contributed by atoms with van der Waals surface area (Å²) < 4.78 is 10.8. The van der Waals surface area contributed by atoms with Gasteiger partial charge in [-0.2, -0.15) is 0 Å². The van der Waals surface area contributed by atoms with Crippen LogP contribution in [0.4, 0.5) is 0 Å². The fourth-order valence-electron chi connectivity index (χ4n) is 2.14.